The molecule has 1 aliphatic heterocycles. The zero-order chi connectivity index (χ0) is 22.5. The predicted octanol–water partition coefficient (Wildman–Crippen LogP) is 3.98. The Kier molecular flexibility index (Phi) is 6.95. The lowest BCUT2D eigenvalue weighted by Crippen LogP contribution is -2.27. The van der Waals surface area contributed by atoms with Crippen molar-refractivity contribution in [3.8, 4) is 11.5 Å². The van der Waals surface area contributed by atoms with Crippen molar-refractivity contribution in [1.82, 2.24) is 10.2 Å². The quantitative estimate of drug-likeness (QED) is 0.616. The number of carbonyl (C=O) groups is 3. The number of hydrogen-bond donors (Lipinski definition) is 1. The number of fused-ring (bicyclic) bond motifs is 1. The van der Waals surface area contributed by atoms with Crippen LogP contribution in [0.1, 0.15) is 76.3 Å². The van der Waals surface area contributed by atoms with Crippen molar-refractivity contribution < 1.29 is 23.9 Å². The van der Waals surface area contributed by atoms with Crippen LogP contribution in [0.4, 0.5) is 0 Å². The molecule has 0 fully saturated rings. The molecule has 3 amide bonds. The van der Waals surface area contributed by atoms with E-state index in [2.05, 4.69) is 5.32 Å². The van der Waals surface area contributed by atoms with Gasteiger partial charge in [0.25, 0.3) is 17.7 Å². The molecule has 0 saturated carbocycles. The number of nitrogens with zero attached hydrogens (tertiary/aromatic N) is 1. The van der Waals surface area contributed by atoms with Crippen LogP contribution in [-0.4, -0.2) is 42.9 Å². The first-order chi connectivity index (χ1) is 14.9. The van der Waals surface area contributed by atoms with Crippen molar-refractivity contribution in [2.24, 2.45) is 0 Å². The summed E-state index contributed by atoms with van der Waals surface area (Å²) in [5.41, 5.74) is 1.76. The molecular formula is C24H28N2O5. The van der Waals surface area contributed by atoms with Gasteiger partial charge >= 0.3 is 0 Å². The van der Waals surface area contributed by atoms with Gasteiger partial charge in [0, 0.05) is 12.6 Å². The average Bonchev–Trinajstić information content (AvgIpc) is 2.99. The van der Waals surface area contributed by atoms with E-state index in [1.807, 2.05) is 39.0 Å². The molecule has 1 heterocycles. The summed E-state index contributed by atoms with van der Waals surface area (Å²) in [6.07, 6.45) is 1.77. The molecule has 0 spiro atoms. The van der Waals surface area contributed by atoms with Crippen LogP contribution in [-0.2, 0) is 0 Å². The molecule has 1 atom stereocenters. The van der Waals surface area contributed by atoms with E-state index in [0.29, 0.717) is 35.8 Å². The summed E-state index contributed by atoms with van der Waals surface area (Å²) in [5.74, 6) is 0.253. The number of hydrogen-bond acceptors (Lipinski definition) is 5. The molecule has 0 aliphatic carbocycles. The van der Waals surface area contributed by atoms with Gasteiger partial charge in [0.15, 0.2) is 11.5 Å². The largest absolute Gasteiger partial charge is 0.490 e. The monoisotopic (exact) mass is 424 g/mol. The third-order valence-corrected chi connectivity index (χ3v) is 5.09. The molecule has 3 rings (SSSR count). The molecule has 2 aromatic rings. The SMILES string of the molecule is CCCOc1ccc(C(C)NC(=O)c2ccc3c(c2)C(=O)N(C)C3=O)cc1OCCC. The summed E-state index contributed by atoms with van der Waals surface area (Å²) in [6, 6.07) is 9.88. The van der Waals surface area contributed by atoms with Crippen molar-refractivity contribution in [2.75, 3.05) is 20.3 Å². The molecule has 0 radical (unpaired) electrons. The van der Waals surface area contributed by atoms with Crippen LogP contribution in [0.5, 0.6) is 11.5 Å². The summed E-state index contributed by atoms with van der Waals surface area (Å²) in [4.78, 5) is 38.1. The minimum absolute atomic E-state index is 0.250. The molecule has 0 saturated heterocycles. The number of carbonyl (C=O) groups excluding carboxylic acids is 3. The molecule has 164 valence electrons. The number of ether oxygens (including phenoxy) is 2. The van der Waals surface area contributed by atoms with E-state index in [1.54, 1.807) is 6.07 Å². The lowest BCUT2D eigenvalue weighted by Gasteiger charge is -2.18. The molecule has 2 aromatic carbocycles. The highest BCUT2D eigenvalue weighted by atomic mass is 16.5. The topological polar surface area (TPSA) is 84.9 Å². The maximum Gasteiger partial charge on any atom is 0.261 e. The molecule has 1 aliphatic rings. The molecule has 0 aromatic heterocycles. The fraction of sp³-hybridized carbons (Fsp3) is 0.375. The minimum atomic E-state index is -0.400. The second kappa shape index (κ2) is 9.64. The van der Waals surface area contributed by atoms with Crippen molar-refractivity contribution in [3.05, 3.63) is 58.7 Å². The smallest absolute Gasteiger partial charge is 0.261 e. The lowest BCUT2D eigenvalue weighted by atomic mass is 10.0. The van der Waals surface area contributed by atoms with E-state index < -0.39 is 5.91 Å². The number of rotatable bonds is 9. The molecule has 31 heavy (non-hydrogen) atoms. The Morgan fingerprint density at radius 1 is 0.935 bits per heavy atom. The Balaban J connectivity index is 1.76. The zero-order valence-corrected chi connectivity index (χ0v) is 18.4. The van der Waals surface area contributed by atoms with Crippen LogP contribution in [0, 0.1) is 0 Å². The van der Waals surface area contributed by atoms with Crippen LogP contribution in [0.3, 0.4) is 0 Å². The van der Waals surface area contributed by atoms with E-state index in [9.17, 15) is 14.4 Å². The van der Waals surface area contributed by atoms with Gasteiger partial charge in [-0.2, -0.15) is 0 Å². The van der Waals surface area contributed by atoms with E-state index in [0.717, 1.165) is 23.3 Å². The Morgan fingerprint density at radius 2 is 1.58 bits per heavy atom. The normalized spacial score (nSPS) is 13.7. The molecule has 1 unspecified atom stereocenters. The van der Waals surface area contributed by atoms with Crippen molar-refractivity contribution in [1.29, 1.82) is 0 Å². The standard InChI is InChI=1S/C24H28N2O5/c1-5-11-30-20-10-8-16(14-21(20)31-12-6-2)15(3)25-22(27)17-7-9-18-19(13-17)24(29)26(4)23(18)28/h7-10,13-15H,5-6,11-12H2,1-4H3,(H,25,27). The lowest BCUT2D eigenvalue weighted by molar-refractivity contribution is 0.0693. The third kappa shape index (κ3) is 4.71. The summed E-state index contributed by atoms with van der Waals surface area (Å²) in [5, 5.41) is 2.94. The minimum Gasteiger partial charge on any atom is -0.490 e. The number of benzene rings is 2. The first kappa shape index (κ1) is 22.3. The molecule has 1 N–H and O–H groups in total. The van der Waals surface area contributed by atoms with Gasteiger partial charge in [-0.25, -0.2) is 0 Å². The summed E-state index contributed by atoms with van der Waals surface area (Å²) >= 11 is 0. The average molecular weight is 424 g/mol. The van der Waals surface area contributed by atoms with E-state index in [1.165, 1.54) is 19.2 Å². The van der Waals surface area contributed by atoms with Gasteiger partial charge in [-0.1, -0.05) is 19.9 Å². The molecule has 7 heteroatoms. The van der Waals surface area contributed by atoms with Crippen molar-refractivity contribution in [2.45, 2.75) is 39.7 Å². The summed E-state index contributed by atoms with van der Waals surface area (Å²) < 4.78 is 11.6. The molecular weight excluding hydrogens is 396 g/mol. The van der Waals surface area contributed by atoms with Gasteiger partial charge < -0.3 is 14.8 Å². The number of amides is 3. The Labute approximate surface area is 182 Å². The van der Waals surface area contributed by atoms with Crippen LogP contribution >= 0.6 is 0 Å². The van der Waals surface area contributed by atoms with Crippen LogP contribution < -0.4 is 14.8 Å². The number of nitrogens with one attached hydrogen (secondary N) is 1. The first-order valence-electron chi connectivity index (χ1n) is 10.5. The maximum atomic E-state index is 12.8. The van der Waals surface area contributed by atoms with Gasteiger partial charge in [-0.15, -0.1) is 0 Å². The van der Waals surface area contributed by atoms with Crippen LogP contribution in [0.25, 0.3) is 0 Å². The Hall–Kier alpha value is -3.35. The van der Waals surface area contributed by atoms with Crippen molar-refractivity contribution >= 4 is 17.7 Å². The summed E-state index contributed by atoms with van der Waals surface area (Å²) in [7, 11) is 1.43. The second-order valence-corrected chi connectivity index (χ2v) is 7.53. The highest BCUT2D eigenvalue weighted by Gasteiger charge is 2.33. The van der Waals surface area contributed by atoms with Crippen molar-refractivity contribution in [3.63, 3.8) is 0 Å². The third-order valence-electron chi connectivity index (χ3n) is 5.09. The fourth-order valence-corrected chi connectivity index (χ4v) is 3.32. The fourth-order valence-electron chi connectivity index (χ4n) is 3.32. The van der Waals surface area contributed by atoms with E-state index in [-0.39, 0.29) is 23.4 Å². The zero-order valence-electron chi connectivity index (χ0n) is 18.4. The first-order valence-corrected chi connectivity index (χ1v) is 10.5. The van der Waals surface area contributed by atoms with Gasteiger partial charge in [0.1, 0.15) is 0 Å². The Morgan fingerprint density at radius 3 is 2.26 bits per heavy atom. The van der Waals surface area contributed by atoms with Gasteiger partial charge in [0.05, 0.1) is 30.4 Å². The highest BCUT2D eigenvalue weighted by molar-refractivity contribution is 6.21. The number of imide groups is 1. The van der Waals surface area contributed by atoms with Crippen LogP contribution in [0.15, 0.2) is 36.4 Å². The summed E-state index contributed by atoms with van der Waals surface area (Å²) in [6.45, 7) is 7.12. The second-order valence-electron chi connectivity index (χ2n) is 7.53. The predicted molar refractivity (Wildman–Crippen MR) is 117 cm³/mol. The van der Waals surface area contributed by atoms with Crippen LogP contribution in [0.2, 0.25) is 0 Å². The Bertz CT molecular complexity index is 1000. The molecule has 0 bridgehead atoms. The maximum absolute atomic E-state index is 12.8. The van der Waals surface area contributed by atoms with E-state index in [4.69, 9.17) is 9.47 Å². The van der Waals surface area contributed by atoms with Gasteiger partial charge in [-0.3, -0.25) is 19.3 Å². The van der Waals surface area contributed by atoms with Gasteiger partial charge in [-0.05, 0) is 55.7 Å². The molecule has 7 nitrogen and oxygen atoms in total. The van der Waals surface area contributed by atoms with E-state index >= 15 is 0 Å². The van der Waals surface area contributed by atoms with Gasteiger partial charge in [0.2, 0.25) is 0 Å². The highest BCUT2D eigenvalue weighted by Crippen LogP contribution is 2.31.